The maximum Gasteiger partial charge on any atom is 0.341 e. The van der Waals surface area contributed by atoms with Gasteiger partial charge in [-0.3, -0.25) is 14.6 Å². The Hall–Kier alpha value is -3.01. The third-order valence-electron chi connectivity index (χ3n) is 7.70. The highest BCUT2D eigenvalue weighted by atomic mass is 16.5. The molecule has 6 heterocycles. The predicted molar refractivity (Wildman–Crippen MR) is 120 cm³/mol. The number of carbonyl (C=O) groups is 1. The van der Waals surface area contributed by atoms with Crippen LogP contribution in [-0.2, 0) is 4.74 Å². The van der Waals surface area contributed by atoms with Crippen LogP contribution in [0.4, 0.5) is 0 Å². The van der Waals surface area contributed by atoms with Crippen LogP contribution in [0.3, 0.4) is 0 Å². The van der Waals surface area contributed by atoms with E-state index in [-0.39, 0.29) is 34.2 Å². The van der Waals surface area contributed by atoms with Crippen molar-refractivity contribution in [2.75, 3.05) is 33.3 Å². The van der Waals surface area contributed by atoms with Gasteiger partial charge in [0.15, 0.2) is 0 Å². The molecule has 0 spiro atoms. The molecule has 0 radical (unpaired) electrons. The quantitative estimate of drug-likeness (QED) is 0.584. The highest BCUT2D eigenvalue weighted by molar-refractivity contribution is 5.96. The third-order valence-corrected chi connectivity index (χ3v) is 7.70. The fraction of sp³-hybridized carbons (Fsp3) is 0.458. The molecular formula is C24H27N5O4. The average Bonchev–Trinajstić information content (AvgIpc) is 3.16. The van der Waals surface area contributed by atoms with E-state index in [9.17, 15) is 14.7 Å². The summed E-state index contributed by atoms with van der Waals surface area (Å²) in [6.07, 6.45) is 3.19. The Balaban J connectivity index is 1.42. The standard InChI is InChI=1S/C24H27N5O4/c1-23-10-28-12-24(2,22(23)32)13-29(11-23)20(28)14-5-4-6-15(7-14)27-8-16-18(25-26-19(16)30)17(9-27)21(31)33-3/h4-9,20,22,32H,10-13H2,1-3H3,(H,26,30). The number of aliphatic hydroxyl groups is 1. The normalized spacial score (nSPS) is 34.7. The fourth-order valence-electron chi connectivity index (χ4n) is 6.54. The van der Waals surface area contributed by atoms with Crippen LogP contribution < -0.4 is 5.56 Å². The van der Waals surface area contributed by atoms with Crippen LogP contribution in [0.5, 0.6) is 0 Å². The minimum Gasteiger partial charge on any atom is -0.465 e. The molecule has 6 aliphatic rings. The molecule has 4 fully saturated rings. The Morgan fingerprint density at radius 3 is 2.45 bits per heavy atom. The summed E-state index contributed by atoms with van der Waals surface area (Å²) in [5, 5.41) is 17.4. The number of rotatable bonds is 3. The van der Waals surface area contributed by atoms with Crippen LogP contribution in [-0.4, -0.2) is 75.0 Å². The van der Waals surface area contributed by atoms with Crippen molar-refractivity contribution in [3.63, 3.8) is 0 Å². The SMILES string of the molecule is COC(=O)c1cn(-c2cccc(C3N4CC5(C)CN3CC(C)(C4)C5O)c2)cc2c(=O)[nH]nc1-2. The predicted octanol–water partition coefficient (Wildman–Crippen LogP) is 1.47. The van der Waals surface area contributed by atoms with E-state index in [1.54, 1.807) is 17.0 Å². The van der Waals surface area contributed by atoms with Gasteiger partial charge in [0.1, 0.15) is 11.3 Å². The Kier molecular flexibility index (Phi) is 4.21. The van der Waals surface area contributed by atoms with Gasteiger partial charge in [0.25, 0.3) is 5.56 Å². The van der Waals surface area contributed by atoms with Crippen molar-refractivity contribution >= 4 is 5.97 Å². The van der Waals surface area contributed by atoms with E-state index >= 15 is 0 Å². The van der Waals surface area contributed by atoms with Crippen molar-refractivity contribution in [3.8, 4) is 16.9 Å². The van der Waals surface area contributed by atoms with Crippen LogP contribution >= 0.6 is 0 Å². The van der Waals surface area contributed by atoms with Crippen LogP contribution in [0.2, 0.25) is 0 Å². The zero-order valence-corrected chi connectivity index (χ0v) is 18.9. The average molecular weight is 450 g/mol. The Labute approximate surface area is 190 Å². The molecule has 0 amide bonds. The van der Waals surface area contributed by atoms with Crippen molar-refractivity contribution in [1.29, 1.82) is 0 Å². The summed E-state index contributed by atoms with van der Waals surface area (Å²) < 4.78 is 6.69. The molecule has 1 aromatic rings. The molecule has 2 N–H and O–H groups in total. The molecule has 0 aromatic heterocycles. The van der Waals surface area contributed by atoms with E-state index in [0.29, 0.717) is 11.3 Å². The lowest BCUT2D eigenvalue weighted by Gasteiger charge is -2.68. The lowest BCUT2D eigenvalue weighted by molar-refractivity contribution is -0.253. The van der Waals surface area contributed by atoms with Gasteiger partial charge >= 0.3 is 5.97 Å². The van der Waals surface area contributed by atoms with Gasteiger partial charge < -0.3 is 14.4 Å². The van der Waals surface area contributed by atoms with Crippen molar-refractivity contribution < 1.29 is 14.6 Å². The van der Waals surface area contributed by atoms with E-state index in [1.807, 2.05) is 12.1 Å². The van der Waals surface area contributed by atoms with Crippen molar-refractivity contribution in [3.05, 3.63) is 58.1 Å². The number of H-pyrrole nitrogens is 1. The number of aromatic nitrogens is 3. The van der Waals surface area contributed by atoms with E-state index < -0.39 is 5.97 Å². The summed E-state index contributed by atoms with van der Waals surface area (Å²) in [7, 11) is 1.31. The second-order valence-corrected chi connectivity index (χ2v) is 10.4. The minimum absolute atomic E-state index is 0.125. The number of methoxy groups -OCH3 is 1. The molecule has 6 aliphatic heterocycles. The van der Waals surface area contributed by atoms with E-state index in [2.05, 4.69) is 46.0 Å². The molecule has 0 aliphatic carbocycles. The van der Waals surface area contributed by atoms with Gasteiger partial charge in [-0.1, -0.05) is 26.0 Å². The summed E-state index contributed by atoms with van der Waals surface area (Å²) in [5.74, 6) is -0.546. The number of carbonyl (C=O) groups excluding carboxylic acids is 1. The van der Waals surface area contributed by atoms with E-state index in [4.69, 9.17) is 4.74 Å². The Bertz CT molecular complexity index is 1260. The number of esters is 1. The fourth-order valence-corrected chi connectivity index (χ4v) is 6.54. The van der Waals surface area contributed by atoms with Crippen molar-refractivity contribution in [2.24, 2.45) is 10.8 Å². The van der Waals surface area contributed by atoms with Crippen LogP contribution in [0, 0.1) is 10.8 Å². The van der Waals surface area contributed by atoms with E-state index in [1.165, 1.54) is 7.11 Å². The van der Waals surface area contributed by atoms with Gasteiger partial charge in [0.2, 0.25) is 0 Å². The molecule has 0 saturated carbocycles. The molecule has 172 valence electrons. The number of nitrogens with one attached hydrogen (secondary N) is 1. The number of aromatic amines is 1. The molecule has 7 rings (SSSR count). The molecule has 4 saturated heterocycles. The number of hydrogen-bond acceptors (Lipinski definition) is 7. The van der Waals surface area contributed by atoms with Gasteiger partial charge in [0, 0.05) is 55.1 Å². The number of benzene rings is 1. The first-order valence-electron chi connectivity index (χ1n) is 11.2. The number of aliphatic hydroxyl groups excluding tert-OH is 1. The highest BCUT2D eigenvalue weighted by Crippen LogP contribution is 2.54. The zero-order chi connectivity index (χ0) is 23.1. The maximum atomic E-state index is 12.4. The molecular weight excluding hydrogens is 422 g/mol. The first-order valence-corrected chi connectivity index (χ1v) is 11.2. The topological polar surface area (TPSA) is 104 Å². The second-order valence-electron chi connectivity index (χ2n) is 10.4. The molecule has 9 heteroatoms. The lowest BCUT2D eigenvalue weighted by atomic mass is 9.60. The Morgan fingerprint density at radius 2 is 1.82 bits per heavy atom. The van der Waals surface area contributed by atoms with Crippen molar-refractivity contribution in [1.82, 2.24) is 24.6 Å². The molecule has 0 unspecified atom stereocenters. The third kappa shape index (κ3) is 2.86. The summed E-state index contributed by atoms with van der Waals surface area (Å²) in [6, 6.07) is 8.17. The number of piperidine rings is 2. The second kappa shape index (κ2) is 6.75. The van der Waals surface area contributed by atoms with Gasteiger partial charge in [-0.2, -0.15) is 5.10 Å². The number of nitrogens with zero attached hydrogens (tertiary/aromatic N) is 4. The lowest BCUT2D eigenvalue weighted by Crippen LogP contribution is -2.76. The van der Waals surface area contributed by atoms with Gasteiger partial charge in [-0.05, 0) is 17.7 Å². The largest absolute Gasteiger partial charge is 0.465 e. The molecule has 0 atom stereocenters. The van der Waals surface area contributed by atoms with Gasteiger partial charge in [-0.25, -0.2) is 9.89 Å². The first kappa shape index (κ1) is 20.6. The molecule has 4 bridgehead atoms. The number of fused-ring (bicyclic) bond motifs is 1. The van der Waals surface area contributed by atoms with Crippen LogP contribution in [0.1, 0.15) is 35.9 Å². The smallest absolute Gasteiger partial charge is 0.341 e. The molecule has 33 heavy (non-hydrogen) atoms. The maximum absolute atomic E-state index is 12.4. The number of ether oxygens (including phenoxy) is 1. The zero-order valence-electron chi connectivity index (χ0n) is 18.9. The first-order chi connectivity index (χ1) is 15.7. The Morgan fingerprint density at radius 1 is 1.15 bits per heavy atom. The highest BCUT2D eigenvalue weighted by Gasteiger charge is 2.61. The number of pyridine rings is 1. The van der Waals surface area contributed by atoms with Crippen LogP contribution in [0.25, 0.3) is 16.9 Å². The monoisotopic (exact) mass is 449 g/mol. The summed E-state index contributed by atoms with van der Waals surface area (Å²) in [6.45, 7) is 7.80. The summed E-state index contributed by atoms with van der Waals surface area (Å²) >= 11 is 0. The van der Waals surface area contributed by atoms with Gasteiger partial charge in [0.05, 0.1) is 24.9 Å². The molecule has 9 nitrogen and oxygen atoms in total. The van der Waals surface area contributed by atoms with E-state index in [0.717, 1.165) is 37.4 Å². The van der Waals surface area contributed by atoms with Crippen LogP contribution in [0.15, 0.2) is 41.5 Å². The number of hydrogen-bond donors (Lipinski definition) is 2. The minimum atomic E-state index is -0.546. The summed E-state index contributed by atoms with van der Waals surface area (Å²) in [4.78, 5) is 29.6. The molecule has 1 aromatic carbocycles. The summed E-state index contributed by atoms with van der Waals surface area (Å²) in [5.41, 5.74) is 2.26. The van der Waals surface area contributed by atoms with Crippen molar-refractivity contribution in [2.45, 2.75) is 26.1 Å². The van der Waals surface area contributed by atoms with Gasteiger partial charge in [-0.15, -0.1) is 0 Å².